The molecule has 0 saturated carbocycles. The number of ether oxygens (including phenoxy) is 3. The third-order valence-corrected chi connectivity index (χ3v) is 9.12. The maximum absolute atomic E-state index is 13.6. The first-order valence-corrected chi connectivity index (χ1v) is 17.3. The van der Waals surface area contributed by atoms with Gasteiger partial charge in [-0.05, 0) is 74.8 Å². The van der Waals surface area contributed by atoms with E-state index in [4.69, 9.17) is 19.9 Å². The maximum atomic E-state index is 13.6. The number of likely N-dealkylation sites (N-methyl/N-ethyl adjacent to an activating group) is 1. The van der Waals surface area contributed by atoms with E-state index in [9.17, 15) is 19.5 Å². The summed E-state index contributed by atoms with van der Waals surface area (Å²) in [6.07, 6.45) is 2.46. The van der Waals surface area contributed by atoms with Crippen LogP contribution in [0.1, 0.15) is 57.1 Å². The fraction of sp³-hybridized carbons (Fsp3) is 0.447. The van der Waals surface area contributed by atoms with Crippen LogP contribution >= 0.6 is 0 Å². The molecule has 3 amide bonds. The number of carbonyl (C=O) groups excluding carboxylic acids is 3. The molecule has 2 aliphatic rings. The van der Waals surface area contributed by atoms with Crippen molar-refractivity contribution in [2.75, 3.05) is 49.9 Å². The van der Waals surface area contributed by atoms with Crippen molar-refractivity contribution in [1.29, 1.82) is 0 Å². The molecule has 0 saturated heterocycles. The number of hydrogen-bond donors (Lipinski definition) is 4. The summed E-state index contributed by atoms with van der Waals surface area (Å²) in [7, 11) is 2.03. The molecule has 3 atom stereocenters. The molecule has 3 aromatic carbocycles. The lowest BCUT2D eigenvalue weighted by atomic mass is 10.0. The molecule has 2 aliphatic heterocycles. The smallest absolute Gasteiger partial charge is 0.231 e. The molecule has 0 bridgehead atoms. The molecule has 3 aromatic rings. The Labute approximate surface area is 293 Å². The number of nitrogen functional groups attached to an aromatic ring is 1. The second kappa shape index (κ2) is 17.2. The van der Waals surface area contributed by atoms with E-state index in [2.05, 4.69) is 22.5 Å². The first-order valence-electron chi connectivity index (χ1n) is 17.3. The van der Waals surface area contributed by atoms with Crippen molar-refractivity contribution in [3.05, 3.63) is 71.8 Å². The first-order chi connectivity index (χ1) is 24.1. The normalized spacial score (nSPS) is 17.6. The second-order valence-corrected chi connectivity index (χ2v) is 13.3. The van der Waals surface area contributed by atoms with Gasteiger partial charge in [-0.3, -0.25) is 19.3 Å². The van der Waals surface area contributed by atoms with E-state index in [0.29, 0.717) is 73.7 Å². The van der Waals surface area contributed by atoms with Gasteiger partial charge in [0.15, 0.2) is 11.5 Å². The Morgan fingerprint density at radius 2 is 1.70 bits per heavy atom. The number of nitrogens with zero attached hydrogens (tertiary/aromatic N) is 2. The van der Waals surface area contributed by atoms with Crippen LogP contribution in [0.25, 0.3) is 0 Å². The summed E-state index contributed by atoms with van der Waals surface area (Å²) >= 11 is 0. The minimum absolute atomic E-state index is 0.0416. The summed E-state index contributed by atoms with van der Waals surface area (Å²) in [4.78, 5) is 42.6. The Morgan fingerprint density at radius 3 is 2.46 bits per heavy atom. The van der Waals surface area contributed by atoms with E-state index < -0.39 is 0 Å². The summed E-state index contributed by atoms with van der Waals surface area (Å²) < 4.78 is 17.7. The van der Waals surface area contributed by atoms with Crippen molar-refractivity contribution in [1.82, 2.24) is 9.80 Å². The molecule has 0 unspecified atom stereocenters. The lowest BCUT2D eigenvalue weighted by molar-refractivity contribution is -0.134. The number of anilines is 3. The number of nitrogens with one attached hydrogen (secondary N) is 2. The Kier molecular flexibility index (Phi) is 12.6. The van der Waals surface area contributed by atoms with Gasteiger partial charge in [-0.1, -0.05) is 31.5 Å². The van der Waals surface area contributed by atoms with Gasteiger partial charge in [-0.2, -0.15) is 0 Å². The number of para-hydroxylation sites is 2. The molecular formula is C38H49N5O7. The monoisotopic (exact) mass is 687 g/mol. The van der Waals surface area contributed by atoms with E-state index in [0.717, 1.165) is 23.5 Å². The van der Waals surface area contributed by atoms with E-state index >= 15 is 0 Å². The van der Waals surface area contributed by atoms with Gasteiger partial charge < -0.3 is 40.6 Å². The molecule has 0 radical (unpaired) electrons. The zero-order chi connectivity index (χ0) is 35.6. The van der Waals surface area contributed by atoms with Crippen LogP contribution in [-0.4, -0.2) is 78.3 Å². The van der Waals surface area contributed by atoms with E-state index in [1.54, 1.807) is 29.2 Å². The van der Waals surface area contributed by atoms with Crippen molar-refractivity contribution in [2.24, 2.45) is 5.92 Å². The molecule has 268 valence electrons. The third kappa shape index (κ3) is 9.88. The molecule has 0 aliphatic carbocycles. The number of benzene rings is 3. The fourth-order valence-corrected chi connectivity index (χ4v) is 6.24. The predicted molar refractivity (Wildman–Crippen MR) is 192 cm³/mol. The number of nitrogens with two attached hydrogens (primary N) is 1. The van der Waals surface area contributed by atoms with E-state index in [1.165, 1.54) is 0 Å². The standard InChI is InChI=1S/C38H49N5O7/c1-25-20-43(26(2)23-44)38(47)19-28-18-29(40-36(45)11-5-4-6-12-37(46)41-31-10-8-7-9-30(31)39)14-16-32(28)50-35(25)22-42(3)21-27-13-15-33-34(17-27)49-24-48-33/h7-10,13-18,25-26,35,44H,4-6,11-12,19-24,39H2,1-3H3,(H,40,45)(H,41,46)/t25-,26-,35-/m1/s1. The molecule has 0 spiro atoms. The van der Waals surface area contributed by atoms with Gasteiger partial charge in [0, 0.05) is 49.6 Å². The van der Waals surface area contributed by atoms with E-state index in [-0.39, 0.29) is 55.6 Å². The van der Waals surface area contributed by atoms with E-state index in [1.807, 2.05) is 50.4 Å². The maximum Gasteiger partial charge on any atom is 0.231 e. The minimum Gasteiger partial charge on any atom is -0.488 e. The van der Waals surface area contributed by atoms with Gasteiger partial charge in [-0.25, -0.2) is 0 Å². The molecular weight excluding hydrogens is 638 g/mol. The number of aliphatic hydroxyl groups is 1. The van der Waals surface area contributed by atoms with Gasteiger partial charge >= 0.3 is 0 Å². The highest BCUT2D eigenvalue weighted by Crippen LogP contribution is 2.33. The molecule has 0 aromatic heterocycles. The zero-order valence-corrected chi connectivity index (χ0v) is 29.2. The van der Waals surface area contributed by atoms with Crippen LogP contribution in [0.2, 0.25) is 0 Å². The summed E-state index contributed by atoms with van der Waals surface area (Å²) in [6, 6.07) is 18.1. The Hall–Kier alpha value is -4.81. The summed E-state index contributed by atoms with van der Waals surface area (Å²) in [5, 5.41) is 15.8. The SMILES string of the molecule is C[C@@H]1CN([C@H](C)CO)C(=O)Cc2cc(NC(=O)CCCCCC(=O)Nc3ccccc3N)ccc2O[C@@H]1CN(C)Cc1ccc2c(c1)OCO2. The number of hydrogen-bond acceptors (Lipinski definition) is 9. The largest absolute Gasteiger partial charge is 0.488 e. The highest BCUT2D eigenvalue weighted by Gasteiger charge is 2.31. The zero-order valence-electron chi connectivity index (χ0n) is 29.2. The van der Waals surface area contributed by atoms with Gasteiger partial charge in [0.2, 0.25) is 24.5 Å². The predicted octanol–water partition coefficient (Wildman–Crippen LogP) is 4.81. The quantitative estimate of drug-likeness (QED) is 0.138. The number of amides is 3. The fourth-order valence-electron chi connectivity index (χ4n) is 6.24. The molecule has 12 heteroatoms. The van der Waals surface area contributed by atoms with Crippen molar-refractivity contribution in [3.8, 4) is 17.2 Å². The highest BCUT2D eigenvalue weighted by atomic mass is 16.7. The van der Waals surface area contributed by atoms with Crippen molar-refractivity contribution in [3.63, 3.8) is 0 Å². The molecule has 5 N–H and O–H groups in total. The topological polar surface area (TPSA) is 156 Å². The average molecular weight is 688 g/mol. The molecule has 5 rings (SSSR count). The Balaban J connectivity index is 1.19. The number of rotatable bonds is 14. The molecule has 2 heterocycles. The van der Waals surface area contributed by atoms with Crippen molar-refractivity contribution < 1.29 is 33.7 Å². The summed E-state index contributed by atoms with van der Waals surface area (Å²) in [5.41, 5.74) is 9.34. The molecule has 0 fully saturated rings. The average Bonchev–Trinajstić information content (AvgIpc) is 3.57. The van der Waals surface area contributed by atoms with Crippen LogP contribution in [0.4, 0.5) is 17.1 Å². The van der Waals surface area contributed by atoms with Crippen LogP contribution in [0.15, 0.2) is 60.7 Å². The van der Waals surface area contributed by atoms with Crippen LogP contribution < -0.4 is 30.6 Å². The first kappa shape index (κ1) is 36.5. The van der Waals surface area contributed by atoms with Crippen LogP contribution in [0.5, 0.6) is 17.2 Å². The van der Waals surface area contributed by atoms with Crippen molar-refractivity contribution in [2.45, 2.75) is 71.1 Å². The number of carbonyl (C=O) groups is 3. The van der Waals surface area contributed by atoms with Gasteiger partial charge in [0.1, 0.15) is 11.9 Å². The third-order valence-electron chi connectivity index (χ3n) is 9.12. The highest BCUT2D eigenvalue weighted by molar-refractivity contribution is 5.94. The second-order valence-electron chi connectivity index (χ2n) is 13.3. The summed E-state index contributed by atoms with van der Waals surface area (Å²) in [6.45, 7) is 5.66. The van der Waals surface area contributed by atoms with Gasteiger partial charge in [-0.15, -0.1) is 0 Å². The molecule has 50 heavy (non-hydrogen) atoms. The van der Waals surface area contributed by atoms with Gasteiger partial charge in [0.25, 0.3) is 0 Å². The lowest BCUT2D eigenvalue weighted by Crippen LogP contribution is -2.47. The summed E-state index contributed by atoms with van der Waals surface area (Å²) in [5.74, 6) is 1.67. The molecule has 12 nitrogen and oxygen atoms in total. The number of aliphatic hydroxyl groups excluding tert-OH is 1. The van der Waals surface area contributed by atoms with Crippen LogP contribution in [-0.2, 0) is 27.3 Å². The van der Waals surface area contributed by atoms with Crippen molar-refractivity contribution >= 4 is 34.8 Å². The van der Waals surface area contributed by atoms with Crippen LogP contribution in [0.3, 0.4) is 0 Å². The Morgan fingerprint density at radius 1 is 0.980 bits per heavy atom. The minimum atomic E-state index is -0.357. The lowest BCUT2D eigenvalue weighted by Gasteiger charge is -2.34. The number of unbranched alkanes of at least 4 members (excludes halogenated alkanes) is 2. The Bertz CT molecular complexity index is 1650. The van der Waals surface area contributed by atoms with Crippen LogP contribution in [0, 0.1) is 5.92 Å². The van der Waals surface area contributed by atoms with Gasteiger partial charge in [0.05, 0.1) is 30.4 Å². The number of fused-ring (bicyclic) bond motifs is 2.